The predicted molar refractivity (Wildman–Crippen MR) is 125 cm³/mol. The van der Waals surface area contributed by atoms with Crippen LogP contribution in [0.4, 0.5) is 16.2 Å². The summed E-state index contributed by atoms with van der Waals surface area (Å²) in [6, 6.07) is 16.3. The molecule has 152 valence electrons. The van der Waals surface area contributed by atoms with Crippen molar-refractivity contribution >= 4 is 61.3 Å². The van der Waals surface area contributed by atoms with E-state index in [0.29, 0.717) is 16.9 Å². The van der Waals surface area contributed by atoms with Gasteiger partial charge in [0.25, 0.3) is 0 Å². The molecule has 0 atom stereocenters. The number of pyridine rings is 3. The fourth-order valence-corrected chi connectivity index (χ4v) is 3.81. The van der Waals surface area contributed by atoms with Crippen molar-refractivity contribution in [1.29, 1.82) is 0 Å². The van der Waals surface area contributed by atoms with Crippen molar-refractivity contribution in [1.82, 2.24) is 24.9 Å². The Kier molecular flexibility index (Phi) is 4.07. The number of fused-ring (bicyclic) bond motifs is 7. The Hall–Kier alpha value is -4.72. The summed E-state index contributed by atoms with van der Waals surface area (Å²) in [5.41, 5.74) is 5.72. The number of hydrogen-bond donors (Lipinski definition) is 2. The number of nitrogens with zero attached hydrogens (tertiary/aromatic N) is 5. The molecule has 0 aliphatic heterocycles. The summed E-state index contributed by atoms with van der Waals surface area (Å²) in [7, 11) is 0. The number of aromatic nitrogens is 5. The highest BCUT2D eigenvalue weighted by atomic mass is 16.2. The molecule has 0 aliphatic carbocycles. The van der Waals surface area contributed by atoms with E-state index < -0.39 is 0 Å². The zero-order chi connectivity index (χ0) is 21.5. The molecular weight excluding hydrogens is 402 g/mol. The largest absolute Gasteiger partial charge is 0.323 e. The summed E-state index contributed by atoms with van der Waals surface area (Å²) >= 11 is 0. The first-order chi connectivity index (χ1) is 15.8. The van der Waals surface area contributed by atoms with Crippen LogP contribution in [0.25, 0.3) is 43.9 Å². The molecule has 8 heteroatoms. The molecule has 0 saturated carbocycles. The molecule has 0 unspecified atom stereocenters. The van der Waals surface area contributed by atoms with E-state index in [1.807, 2.05) is 30.3 Å². The van der Waals surface area contributed by atoms with Gasteiger partial charge in [0.2, 0.25) is 0 Å². The zero-order valence-corrected chi connectivity index (χ0v) is 16.6. The number of urea groups is 1. The number of benzene rings is 2. The maximum atomic E-state index is 12.4. The van der Waals surface area contributed by atoms with Gasteiger partial charge in [0.05, 0.1) is 45.0 Å². The molecule has 8 nitrogen and oxygen atoms in total. The van der Waals surface area contributed by atoms with Gasteiger partial charge in [-0.2, -0.15) is 0 Å². The lowest BCUT2D eigenvalue weighted by Gasteiger charge is -2.10. The Balaban J connectivity index is 1.47. The molecule has 4 heterocycles. The monoisotopic (exact) mass is 417 g/mol. The van der Waals surface area contributed by atoms with Crippen LogP contribution in [0, 0.1) is 0 Å². The molecule has 32 heavy (non-hydrogen) atoms. The molecule has 0 aliphatic rings. The van der Waals surface area contributed by atoms with Crippen LogP contribution < -0.4 is 10.6 Å². The molecule has 4 aromatic heterocycles. The van der Waals surface area contributed by atoms with Crippen molar-refractivity contribution in [3.63, 3.8) is 0 Å². The lowest BCUT2D eigenvalue weighted by atomic mass is 10.1. The van der Waals surface area contributed by atoms with Gasteiger partial charge in [-0.3, -0.25) is 15.0 Å². The highest BCUT2D eigenvalue weighted by Crippen LogP contribution is 2.32. The number of nitrogens with one attached hydrogen (secondary N) is 2. The first-order valence-electron chi connectivity index (χ1n) is 9.97. The van der Waals surface area contributed by atoms with E-state index in [9.17, 15) is 4.79 Å². The van der Waals surface area contributed by atoms with Crippen molar-refractivity contribution in [2.24, 2.45) is 0 Å². The third-order valence-electron chi connectivity index (χ3n) is 5.19. The normalized spacial score (nSPS) is 11.2. The molecule has 6 rings (SSSR count). The second-order valence-corrected chi connectivity index (χ2v) is 7.24. The minimum absolute atomic E-state index is 0.363. The predicted octanol–water partition coefficient (Wildman–Crippen LogP) is 4.92. The standard InChI is InChI=1S/C24H15N7O/c32-24(29-15-4-1-9-25-13-15)28-14-7-8-18-19(12-14)31-23-17-6-3-11-27-21(17)20-16(22(23)30-18)5-2-10-26-20/h1-13H,(H2,28,29,32). The summed E-state index contributed by atoms with van der Waals surface area (Å²) in [6.45, 7) is 0. The number of anilines is 2. The quantitative estimate of drug-likeness (QED) is 0.306. The van der Waals surface area contributed by atoms with Crippen LogP contribution >= 0.6 is 0 Å². The lowest BCUT2D eigenvalue weighted by Crippen LogP contribution is -2.19. The third-order valence-corrected chi connectivity index (χ3v) is 5.19. The topological polar surface area (TPSA) is 106 Å². The molecule has 0 spiro atoms. The molecule has 2 aromatic carbocycles. The van der Waals surface area contributed by atoms with Crippen molar-refractivity contribution < 1.29 is 4.79 Å². The minimum atomic E-state index is -0.363. The van der Waals surface area contributed by atoms with Crippen molar-refractivity contribution in [3.05, 3.63) is 79.4 Å². The second kappa shape index (κ2) is 7.21. The van der Waals surface area contributed by atoms with Crippen LogP contribution in [0.1, 0.15) is 0 Å². The fraction of sp³-hybridized carbons (Fsp3) is 0. The highest BCUT2D eigenvalue weighted by molar-refractivity contribution is 6.21. The number of carbonyl (C=O) groups is 1. The van der Waals surface area contributed by atoms with Crippen LogP contribution in [0.5, 0.6) is 0 Å². The van der Waals surface area contributed by atoms with E-state index in [1.54, 1.807) is 49.1 Å². The van der Waals surface area contributed by atoms with Crippen LogP contribution in [-0.4, -0.2) is 31.0 Å². The smallest absolute Gasteiger partial charge is 0.308 e. The van der Waals surface area contributed by atoms with Crippen LogP contribution in [0.2, 0.25) is 0 Å². The van der Waals surface area contributed by atoms with Gasteiger partial charge >= 0.3 is 6.03 Å². The van der Waals surface area contributed by atoms with Crippen LogP contribution in [-0.2, 0) is 0 Å². The molecule has 0 saturated heterocycles. The number of hydrogen-bond acceptors (Lipinski definition) is 6. The number of rotatable bonds is 2. The van der Waals surface area contributed by atoms with Gasteiger partial charge in [-0.25, -0.2) is 14.8 Å². The van der Waals surface area contributed by atoms with E-state index in [2.05, 4.69) is 25.6 Å². The SMILES string of the molecule is O=C(Nc1cccnc1)Nc1ccc2nc3c4cccnc4c4ncccc4c3nc2c1. The van der Waals surface area contributed by atoms with E-state index >= 15 is 0 Å². The summed E-state index contributed by atoms with van der Waals surface area (Å²) < 4.78 is 0. The first kappa shape index (κ1) is 18.1. The molecular formula is C24H15N7O. The van der Waals surface area contributed by atoms with E-state index in [-0.39, 0.29) is 6.03 Å². The Morgan fingerprint density at radius 2 is 1.31 bits per heavy atom. The molecule has 0 fully saturated rings. The highest BCUT2D eigenvalue weighted by Gasteiger charge is 2.14. The minimum Gasteiger partial charge on any atom is -0.308 e. The van der Waals surface area contributed by atoms with Gasteiger partial charge in [0.1, 0.15) is 0 Å². The molecule has 2 N–H and O–H groups in total. The van der Waals surface area contributed by atoms with E-state index in [1.165, 1.54) is 0 Å². The number of carbonyl (C=O) groups excluding carboxylic acids is 1. The van der Waals surface area contributed by atoms with Gasteiger partial charge in [-0.1, -0.05) is 0 Å². The number of amides is 2. The Labute approximate surface area is 181 Å². The van der Waals surface area contributed by atoms with Crippen molar-refractivity contribution in [2.75, 3.05) is 10.6 Å². The fourth-order valence-electron chi connectivity index (χ4n) is 3.81. The summed E-state index contributed by atoms with van der Waals surface area (Å²) in [5, 5.41) is 7.37. The summed E-state index contributed by atoms with van der Waals surface area (Å²) in [4.78, 5) is 35.2. The Morgan fingerprint density at radius 3 is 2.00 bits per heavy atom. The lowest BCUT2D eigenvalue weighted by molar-refractivity contribution is 0.262. The van der Waals surface area contributed by atoms with Crippen molar-refractivity contribution in [3.8, 4) is 0 Å². The van der Waals surface area contributed by atoms with Gasteiger partial charge in [0, 0.05) is 35.1 Å². The zero-order valence-electron chi connectivity index (χ0n) is 16.6. The second-order valence-electron chi connectivity index (χ2n) is 7.24. The third kappa shape index (κ3) is 3.02. The maximum Gasteiger partial charge on any atom is 0.323 e. The Bertz CT molecular complexity index is 1650. The van der Waals surface area contributed by atoms with E-state index in [0.717, 1.165) is 38.4 Å². The van der Waals surface area contributed by atoms with Crippen LogP contribution in [0.3, 0.4) is 0 Å². The van der Waals surface area contributed by atoms with Crippen LogP contribution in [0.15, 0.2) is 79.4 Å². The van der Waals surface area contributed by atoms with Gasteiger partial charge < -0.3 is 10.6 Å². The summed E-state index contributed by atoms with van der Waals surface area (Å²) in [5.74, 6) is 0. The van der Waals surface area contributed by atoms with E-state index in [4.69, 9.17) is 9.97 Å². The maximum absolute atomic E-state index is 12.4. The first-order valence-corrected chi connectivity index (χ1v) is 9.97. The van der Waals surface area contributed by atoms with Crippen molar-refractivity contribution in [2.45, 2.75) is 0 Å². The molecule has 6 aromatic rings. The van der Waals surface area contributed by atoms with Gasteiger partial charge in [-0.15, -0.1) is 0 Å². The average molecular weight is 417 g/mol. The molecule has 0 radical (unpaired) electrons. The molecule has 2 amide bonds. The summed E-state index contributed by atoms with van der Waals surface area (Å²) in [6.07, 6.45) is 6.73. The Morgan fingerprint density at radius 1 is 0.656 bits per heavy atom. The molecule has 0 bridgehead atoms. The van der Waals surface area contributed by atoms with Gasteiger partial charge in [0.15, 0.2) is 0 Å². The van der Waals surface area contributed by atoms with Gasteiger partial charge in [-0.05, 0) is 54.6 Å². The average Bonchev–Trinajstić information content (AvgIpc) is 2.84.